The SMILES string of the molecule is NC(=S)CCCn1ccc(=O)[nH]c1=O. The fourth-order valence-corrected chi connectivity index (χ4v) is 1.19. The van der Waals surface area contributed by atoms with Gasteiger partial charge >= 0.3 is 5.69 Å². The fourth-order valence-electron chi connectivity index (χ4n) is 1.04. The summed E-state index contributed by atoms with van der Waals surface area (Å²) in [5.41, 5.74) is 4.51. The molecular formula is C8H11N3O2S. The summed E-state index contributed by atoms with van der Waals surface area (Å²) in [6, 6.07) is 1.31. The maximum absolute atomic E-state index is 11.2. The van der Waals surface area contributed by atoms with Crippen molar-refractivity contribution < 1.29 is 0 Å². The van der Waals surface area contributed by atoms with Crippen LogP contribution in [0.2, 0.25) is 0 Å². The third-order valence-corrected chi connectivity index (χ3v) is 1.92. The zero-order valence-corrected chi connectivity index (χ0v) is 8.34. The Balaban J connectivity index is 2.64. The zero-order valence-electron chi connectivity index (χ0n) is 7.53. The summed E-state index contributed by atoms with van der Waals surface area (Å²) >= 11 is 4.70. The van der Waals surface area contributed by atoms with Crippen LogP contribution in [0.25, 0.3) is 0 Å². The highest BCUT2D eigenvalue weighted by Crippen LogP contribution is 1.91. The highest BCUT2D eigenvalue weighted by molar-refractivity contribution is 7.80. The first-order valence-corrected chi connectivity index (χ1v) is 4.58. The highest BCUT2D eigenvalue weighted by Gasteiger charge is 1.96. The van der Waals surface area contributed by atoms with Crippen LogP contribution in [0, 0.1) is 0 Å². The maximum Gasteiger partial charge on any atom is 0.328 e. The summed E-state index contributed by atoms with van der Waals surface area (Å²) < 4.78 is 1.42. The lowest BCUT2D eigenvalue weighted by molar-refractivity contribution is 0.617. The van der Waals surface area contributed by atoms with Crippen LogP contribution in [0.15, 0.2) is 21.9 Å². The van der Waals surface area contributed by atoms with Crippen LogP contribution >= 0.6 is 12.2 Å². The summed E-state index contributed by atoms with van der Waals surface area (Å²) in [5, 5.41) is 0. The third kappa shape index (κ3) is 3.14. The average molecular weight is 213 g/mol. The first-order chi connectivity index (χ1) is 6.59. The molecular weight excluding hydrogens is 202 g/mol. The Kier molecular flexibility index (Phi) is 3.58. The Morgan fingerprint density at radius 1 is 1.57 bits per heavy atom. The second-order valence-electron chi connectivity index (χ2n) is 2.87. The molecule has 1 rings (SSSR count). The molecule has 0 saturated carbocycles. The van der Waals surface area contributed by atoms with Crippen molar-refractivity contribution in [1.29, 1.82) is 0 Å². The molecule has 0 unspecified atom stereocenters. The van der Waals surface area contributed by atoms with Gasteiger partial charge in [0.15, 0.2) is 0 Å². The van der Waals surface area contributed by atoms with Crippen molar-refractivity contribution in [3.8, 4) is 0 Å². The Morgan fingerprint density at radius 3 is 2.86 bits per heavy atom. The summed E-state index contributed by atoms with van der Waals surface area (Å²) in [6.07, 6.45) is 2.75. The Bertz CT molecular complexity index is 435. The van der Waals surface area contributed by atoms with E-state index in [9.17, 15) is 9.59 Å². The number of H-pyrrole nitrogens is 1. The van der Waals surface area contributed by atoms with E-state index < -0.39 is 5.69 Å². The van der Waals surface area contributed by atoms with Crippen LogP contribution in [0.1, 0.15) is 12.8 Å². The Morgan fingerprint density at radius 2 is 2.29 bits per heavy atom. The normalized spacial score (nSPS) is 10.0. The second-order valence-corrected chi connectivity index (χ2v) is 3.40. The van der Waals surface area contributed by atoms with E-state index in [4.69, 9.17) is 18.0 Å². The van der Waals surface area contributed by atoms with E-state index in [1.807, 2.05) is 0 Å². The molecule has 0 fully saturated rings. The predicted molar refractivity (Wildman–Crippen MR) is 57.3 cm³/mol. The molecule has 0 amide bonds. The van der Waals surface area contributed by atoms with Crippen LogP contribution in [-0.2, 0) is 6.54 Å². The van der Waals surface area contributed by atoms with Crippen molar-refractivity contribution in [3.63, 3.8) is 0 Å². The predicted octanol–water partition coefficient (Wildman–Crippen LogP) is -0.397. The summed E-state index contributed by atoms with van der Waals surface area (Å²) in [5.74, 6) is 0. The Labute approximate surface area is 85.6 Å². The minimum atomic E-state index is -0.402. The van der Waals surface area contributed by atoms with Crippen LogP contribution in [-0.4, -0.2) is 14.5 Å². The zero-order chi connectivity index (χ0) is 10.6. The van der Waals surface area contributed by atoms with Crippen LogP contribution in [0.3, 0.4) is 0 Å². The van der Waals surface area contributed by atoms with Crippen molar-refractivity contribution >= 4 is 17.2 Å². The van der Waals surface area contributed by atoms with Gasteiger partial charge in [-0.3, -0.25) is 9.78 Å². The molecule has 1 heterocycles. The Hall–Kier alpha value is -1.43. The lowest BCUT2D eigenvalue weighted by Crippen LogP contribution is -2.28. The lowest BCUT2D eigenvalue weighted by atomic mass is 10.3. The molecule has 5 nitrogen and oxygen atoms in total. The van der Waals surface area contributed by atoms with Gasteiger partial charge in [-0.2, -0.15) is 0 Å². The number of aromatic amines is 1. The van der Waals surface area contributed by atoms with Crippen molar-refractivity contribution in [3.05, 3.63) is 33.1 Å². The number of thiocarbonyl (C=S) groups is 1. The third-order valence-electron chi connectivity index (χ3n) is 1.72. The van der Waals surface area contributed by atoms with Gasteiger partial charge in [0.2, 0.25) is 0 Å². The van der Waals surface area contributed by atoms with E-state index in [1.165, 1.54) is 16.8 Å². The maximum atomic E-state index is 11.2. The van der Waals surface area contributed by atoms with Crippen molar-refractivity contribution in [1.82, 2.24) is 9.55 Å². The topological polar surface area (TPSA) is 80.9 Å². The van der Waals surface area contributed by atoms with E-state index in [0.717, 1.165) is 0 Å². The van der Waals surface area contributed by atoms with E-state index >= 15 is 0 Å². The largest absolute Gasteiger partial charge is 0.393 e. The van der Waals surface area contributed by atoms with Crippen LogP contribution < -0.4 is 17.0 Å². The van der Waals surface area contributed by atoms with Gasteiger partial charge in [0, 0.05) is 18.8 Å². The molecule has 0 radical (unpaired) electrons. The number of aryl methyl sites for hydroxylation is 1. The molecule has 0 aliphatic carbocycles. The number of aromatic nitrogens is 2. The molecule has 14 heavy (non-hydrogen) atoms. The minimum Gasteiger partial charge on any atom is -0.393 e. The van der Waals surface area contributed by atoms with Gasteiger partial charge in [-0.25, -0.2) is 4.79 Å². The van der Waals surface area contributed by atoms with Gasteiger partial charge in [0.25, 0.3) is 5.56 Å². The molecule has 0 aromatic carbocycles. The monoisotopic (exact) mass is 213 g/mol. The van der Waals surface area contributed by atoms with Crippen molar-refractivity contribution in [2.75, 3.05) is 0 Å². The molecule has 6 heteroatoms. The highest BCUT2D eigenvalue weighted by atomic mass is 32.1. The molecule has 0 spiro atoms. The first-order valence-electron chi connectivity index (χ1n) is 4.17. The number of rotatable bonds is 4. The van der Waals surface area contributed by atoms with Crippen molar-refractivity contribution in [2.24, 2.45) is 5.73 Å². The number of hydrogen-bond donors (Lipinski definition) is 2. The van der Waals surface area contributed by atoms with E-state index in [0.29, 0.717) is 24.4 Å². The van der Waals surface area contributed by atoms with Crippen LogP contribution in [0.4, 0.5) is 0 Å². The average Bonchev–Trinajstić information content (AvgIpc) is 2.08. The minimum absolute atomic E-state index is 0.388. The van der Waals surface area contributed by atoms with Gasteiger partial charge in [0.05, 0.1) is 4.99 Å². The number of nitrogens with one attached hydrogen (secondary N) is 1. The van der Waals surface area contributed by atoms with E-state index in [1.54, 1.807) is 0 Å². The summed E-state index contributed by atoms with van der Waals surface area (Å²) in [4.78, 5) is 24.5. The second kappa shape index (κ2) is 4.71. The molecule has 3 N–H and O–H groups in total. The lowest BCUT2D eigenvalue weighted by Gasteiger charge is -2.02. The molecule has 0 bridgehead atoms. The quantitative estimate of drug-likeness (QED) is 0.667. The van der Waals surface area contributed by atoms with Gasteiger partial charge in [-0.05, 0) is 12.8 Å². The summed E-state index contributed by atoms with van der Waals surface area (Å²) in [7, 11) is 0. The van der Waals surface area contributed by atoms with Gasteiger partial charge in [0.1, 0.15) is 0 Å². The molecule has 76 valence electrons. The smallest absolute Gasteiger partial charge is 0.328 e. The fraction of sp³-hybridized carbons (Fsp3) is 0.375. The molecule has 1 aromatic rings. The van der Waals surface area contributed by atoms with Crippen LogP contribution in [0.5, 0.6) is 0 Å². The van der Waals surface area contributed by atoms with Gasteiger partial charge < -0.3 is 10.3 Å². The molecule has 0 aliphatic rings. The van der Waals surface area contributed by atoms with E-state index in [-0.39, 0.29) is 5.56 Å². The first kappa shape index (κ1) is 10.6. The van der Waals surface area contributed by atoms with Crippen molar-refractivity contribution in [2.45, 2.75) is 19.4 Å². The van der Waals surface area contributed by atoms with Gasteiger partial charge in [-0.15, -0.1) is 0 Å². The number of nitrogens with zero attached hydrogens (tertiary/aromatic N) is 1. The molecule has 0 aliphatic heterocycles. The van der Waals surface area contributed by atoms with Gasteiger partial charge in [-0.1, -0.05) is 12.2 Å². The standard InChI is InChI=1S/C8H11N3O2S/c9-6(14)2-1-4-11-5-3-7(12)10-8(11)13/h3,5H,1-2,4H2,(H2,9,14)(H,10,12,13). The molecule has 0 atom stereocenters. The molecule has 0 saturated heterocycles. The summed E-state index contributed by atoms with van der Waals surface area (Å²) in [6.45, 7) is 0.507. The number of hydrogen-bond acceptors (Lipinski definition) is 3. The van der Waals surface area contributed by atoms with E-state index in [2.05, 4.69) is 4.98 Å². The molecule has 1 aromatic heterocycles. The number of nitrogens with two attached hydrogens (primary N) is 1.